The average molecular weight is 317 g/mol. The van der Waals surface area contributed by atoms with Gasteiger partial charge < -0.3 is 10.4 Å². The molecule has 0 aliphatic heterocycles. The van der Waals surface area contributed by atoms with Crippen LogP contribution in [0, 0.1) is 0 Å². The molecule has 0 saturated carbocycles. The van der Waals surface area contributed by atoms with E-state index in [4.69, 9.17) is 5.11 Å². The summed E-state index contributed by atoms with van der Waals surface area (Å²) in [5.74, 6) is 0.625. The van der Waals surface area contributed by atoms with Gasteiger partial charge in [-0.05, 0) is 23.3 Å². The minimum Gasteiger partial charge on any atom is -0.392 e. The fourth-order valence-electron chi connectivity index (χ4n) is 1.95. The molecule has 1 unspecified atom stereocenters. The molecule has 1 atom stereocenters. The zero-order chi connectivity index (χ0) is 15.8. The van der Waals surface area contributed by atoms with Gasteiger partial charge in [0.2, 0.25) is 5.91 Å². The van der Waals surface area contributed by atoms with Gasteiger partial charge in [0.15, 0.2) is 0 Å². The van der Waals surface area contributed by atoms with Crippen LogP contribution in [0.4, 0.5) is 5.69 Å². The number of nitrogens with one attached hydrogen (secondary N) is 1. The standard InChI is InChI=1S/C17H19NO3S/c19-12-14-6-8-15(9-7-14)13-22(21)11-10-17(20)18-16-4-2-1-3-5-16/h1-9,19H,10-13H2,(H,18,20). The number of carbonyl (C=O) groups is 1. The van der Waals surface area contributed by atoms with E-state index in [-0.39, 0.29) is 18.9 Å². The van der Waals surface area contributed by atoms with Crippen molar-refractivity contribution in [2.45, 2.75) is 18.8 Å². The summed E-state index contributed by atoms with van der Waals surface area (Å²) in [6.45, 7) is 0.00300. The van der Waals surface area contributed by atoms with Crippen molar-refractivity contribution in [2.24, 2.45) is 0 Å². The molecule has 1 amide bonds. The van der Waals surface area contributed by atoms with E-state index in [1.54, 1.807) is 0 Å². The van der Waals surface area contributed by atoms with Crippen LogP contribution in [-0.2, 0) is 28.0 Å². The molecule has 0 bridgehead atoms. The van der Waals surface area contributed by atoms with Crippen LogP contribution >= 0.6 is 0 Å². The molecule has 2 N–H and O–H groups in total. The van der Waals surface area contributed by atoms with Crippen LogP contribution in [0.2, 0.25) is 0 Å². The summed E-state index contributed by atoms with van der Waals surface area (Å²) in [4.78, 5) is 11.8. The van der Waals surface area contributed by atoms with E-state index < -0.39 is 10.8 Å². The predicted molar refractivity (Wildman–Crippen MR) is 88.8 cm³/mol. The van der Waals surface area contributed by atoms with Crippen molar-refractivity contribution in [3.63, 3.8) is 0 Å². The van der Waals surface area contributed by atoms with Crippen molar-refractivity contribution < 1.29 is 14.1 Å². The Hall–Kier alpha value is -1.98. The minimum atomic E-state index is -1.08. The van der Waals surface area contributed by atoms with Crippen LogP contribution in [0.1, 0.15) is 17.5 Å². The molecule has 0 aliphatic carbocycles. The molecule has 0 aromatic heterocycles. The Bertz CT molecular complexity index is 626. The van der Waals surface area contributed by atoms with E-state index in [2.05, 4.69) is 5.32 Å². The predicted octanol–water partition coefficient (Wildman–Crippen LogP) is 2.46. The van der Waals surface area contributed by atoms with E-state index >= 15 is 0 Å². The summed E-state index contributed by atoms with van der Waals surface area (Å²) in [6, 6.07) is 16.6. The fourth-order valence-corrected chi connectivity index (χ4v) is 3.07. The van der Waals surface area contributed by atoms with Crippen LogP contribution < -0.4 is 5.32 Å². The molecule has 0 aliphatic rings. The molecule has 4 nitrogen and oxygen atoms in total. The Kier molecular flexibility index (Phi) is 6.30. The molecule has 116 valence electrons. The maximum atomic E-state index is 12.0. The Morgan fingerprint density at radius 1 is 1.00 bits per heavy atom. The molecule has 0 spiro atoms. The van der Waals surface area contributed by atoms with Crippen LogP contribution in [-0.4, -0.2) is 21.0 Å². The first-order valence-electron chi connectivity index (χ1n) is 7.06. The SMILES string of the molecule is O=C(CCS(=O)Cc1ccc(CO)cc1)Nc1ccccc1. The minimum absolute atomic E-state index is 0.00300. The van der Waals surface area contributed by atoms with Crippen LogP contribution in [0.25, 0.3) is 0 Å². The second-order valence-corrected chi connectivity index (χ2v) is 6.50. The number of rotatable bonds is 7. The summed E-state index contributed by atoms with van der Waals surface area (Å²) >= 11 is 0. The second-order valence-electron chi connectivity index (χ2n) is 4.93. The van der Waals surface area contributed by atoms with Gasteiger partial charge in [-0.3, -0.25) is 9.00 Å². The van der Waals surface area contributed by atoms with Gasteiger partial charge in [-0.2, -0.15) is 0 Å². The first kappa shape index (κ1) is 16.4. The van der Waals surface area contributed by atoms with Gasteiger partial charge in [0, 0.05) is 34.4 Å². The van der Waals surface area contributed by atoms with Crippen LogP contribution in [0.15, 0.2) is 54.6 Å². The quantitative estimate of drug-likeness (QED) is 0.824. The molecule has 2 rings (SSSR count). The van der Waals surface area contributed by atoms with Crippen molar-refractivity contribution in [2.75, 3.05) is 11.1 Å². The smallest absolute Gasteiger partial charge is 0.225 e. The Morgan fingerprint density at radius 3 is 2.27 bits per heavy atom. The lowest BCUT2D eigenvalue weighted by Gasteiger charge is -2.06. The Labute approximate surface area is 132 Å². The summed E-state index contributed by atoms with van der Waals surface area (Å²) in [5.41, 5.74) is 2.52. The number of para-hydroxylation sites is 1. The number of amides is 1. The molecule has 0 fully saturated rings. The van der Waals surface area contributed by atoms with Gasteiger partial charge >= 0.3 is 0 Å². The van der Waals surface area contributed by atoms with Gasteiger partial charge in [-0.1, -0.05) is 42.5 Å². The highest BCUT2D eigenvalue weighted by Gasteiger charge is 2.07. The highest BCUT2D eigenvalue weighted by atomic mass is 32.2. The molecule has 0 heterocycles. The van der Waals surface area contributed by atoms with Crippen molar-refractivity contribution in [3.8, 4) is 0 Å². The number of aliphatic hydroxyl groups excluding tert-OH is 1. The van der Waals surface area contributed by atoms with Crippen LogP contribution in [0.5, 0.6) is 0 Å². The Morgan fingerprint density at radius 2 is 1.64 bits per heavy atom. The molecule has 2 aromatic rings. The third-order valence-electron chi connectivity index (χ3n) is 3.15. The Balaban J connectivity index is 1.76. The number of benzene rings is 2. The highest BCUT2D eigenvalue weighted by Crippen LogP contribution is 2.09. The number of anilines is 1. The molecule has 22 heavy (non-hydrogen) atoms. The lowest BCUT2D eigenvalue weighted by molar-refractivity contribution is -0.115. The van der Waals surface area contributed by atoms with Gasteiger partial charge in [0.05, 0.1) is 6.61 Å². The van der Waals surface area contributed by atoms with Crippen molar-refractivity contribution in [1.82, 2.24) is 0 Å². The topological polar surface area (TPSA) is 66.4 Å². The van der Waals surface area contributed by atoms with E-state index in [1.807, 2.05) is 54.6 Å². The summed E-state index contributed by atoms with van der Waals surface area (Å²) in [5, 5.41) is 11.7. The third kappa shape index (κ3) is 5.42. The van der Waals surface area contributed by atoms with Crippen molar-refractivity contribution in [3.05, 3.63) is 65.7 Å². The molecule has 0 saturated heterocycles. The van der Waals surface area contributed by atoms with Gasteiger partial charge in [0.1, 0.15) is 0 Å². The van der Waals surface area contributed by atoms with Crippen molar-refractivity contribution in [1.29, 1.82) is 0 Å². The summed E-state index contributed by atoms with van der Waals surface area (Å²) < 4.78 is 12.0. The lowest BCUT2D eigenvalue weighted by atomic mass is 10.2. The summed E-state index contributed by atoms with van der Waals surface area (Å²) in [6.07, 6.45) is 0.232. The molecule has 2 aromatic carbocycles. The van der Waals surface area contributed by atoms with E-state index in [9.17, 15) is 9.00 Å². The zero-order valence-corrected chi connectivity index (χ0v) is 13.0. The van der Waals surface area contributed by atoms with Gasteiger partial charge in [0.25, 0.3) is 0 Å². The van der Waals surface area contributed by atoms with Crippen molar-refractivity contribution >= 4 is 22.4 Å². The molecule has 0 radical (unpaired) electrons. The first-order chi connectivity index (χ1) is 10.7. The number of aliphatic hydroxyl groups is 1. The summed E-state index contributed by atoms with van der Waals surface area (Å²) in [7, 11) is -1.08. The molecule has 5 heteroatoms. The van der Waals surface area contributed by atoms with Crippen LogP contribution in [0.3, 0.4) is 0 Å². The van der Waals surface area contributed by atoms with Gasteiger partial charge in [-0.15, -0.1) is 0 Å². The normalized spacial score (nSPS) is 11.9. The average Bonchev–Trinajstić information content (AvgIpc) is 2.55. The maximum Gasteiger partial charge on any atom is 0.225 e. The van der Waals surface area contributed by atoms with E-state index in [0.717, 1.165) is 16.8 Å². The van der Waals surface area contributed by atoms with E-state index in [1.165, 1.54) is 0 Å². The largest absolute Gasteiger partial charge is 0.392 e. The maximum absolute atomic E-state index is 12.0. The monoisotopic (exact) mass is 317 g/mol. The lowest BCUT2D eigenvalue weighted by Crippen LogP contribution is -2.15. The number of carbonyl (C=O) groups excluding carboxylic acids is 1. The second kappa shape index (κ2) is 8.46. The molecular formula is C17H19NO3S. The van der Waals surface area contributed by atoms with E-state index in [0.29, 0.717) is 11.5 Å². The fraction of sp³-hybridized carbons (Fsp3) is 0.235. The number of hydrogen-bond acceptors (Lipinski definition) is 3. The first-order valence-corrected chi connectivity index (χ1v) is 8.55. The highest BCUT2D eigenvalue weighted by molar-refractivity contribution is 7.84. The van der Waals surface area contributed by atoms with Gasteiger partial charge in [-0.25, -0.2) is 0 Å². The molecular weight excluding hydrogens is 298 g/mol. The zero-order valence-electron chi connectivity index (χ0n) is 12.2. The number of hydrogen-bond donors (Lipinski definition) is 2. The third-order valence-corrected chi connectivity index (χ3v) is 4.46.